The first-order valence-electron chi connectivity index (χ1n) is 16.4. The van der Waals surface area contributed by atoms with Gasteiger partial charge in [0.15, 0.2) is 19.8 Å². The Morgan fingerprint density at radius 1 is 0.804 bits per heavy atom. The van der Waals surface area contributed by atoms with Crippen LogP contribution in [0.2, 0.25) is 0 Å². The maximum Gasteiger partial charge on any atom is 0.308 e. The summed E-state index contributed by atoms with van der Waals surface area (Å²) in [5.41, 5.74) is 6.25. The van der Waals surface area contributed by atoms with Gasteiger partial charge in [-0.3, -0.25) is 4.79 Å². The van der Waals surface area contributed by atoms with Gasteiger partial charge in [0.1, 0.15) is 11.5 Å². The lowest BCUT2D eigenvalue weighted by Crippen LogP contribution is -2.33. The summed E-state index contributed by atoms with van der Waals surface area (Å²) in [6, 6.07) is 33.6. The van der Waals surface area contributed by atoms with Gasteiger partial charge in [-0.25, -0.2) is 0 Å². The molecule has 46 heavy (non-hydrogen) atoms. The molecule has 0 bridgehead atoms. The van der Waals surface area contributed by atoms with Crippen molar-refractivity contribution in [1.29, 1.82) is 0 Å². The lowest BCUT2D eigenvalue weighted by molar-refractivity contribution is -0.175. The number of carbonyl (C=O) groups is 1. The molecule has 7 heteroatoms. The van der Waals surface area contributed by atoms with Gasteiger partial charge >= 0.3 is 5.97 Å². The molecule has 2 aliphatic heterocycles. The average molecular weight is 621 g/mol. The van der Waals surface area contributed by atoms with E-state index in [0.717, 1.165) is 71.1 Å². The third-order valence-corrected chi connectivity index (χ3v) is 9.09. The number of esters is 1. The molecular formula is C39H44N2O5. The minimum Gasteiger partial charge on any atom is -0.473 e. The number of nitrogens with zero attached hydrogens (tertiary/aromatic N) is 2. The Hall–Kier alpha value is -4.49. The fourth-order valence-electron chi connectivity index (χ4n) is 6.26. The molecule has 0 saturated heterocycles. The zero-order chi connectivity index (χ0) is 31.9. The Bertz CT molecular complexity index is 1510. The molecule has 2 aliphatic rings. The molecule has 4 aromatic rings. The molecule has 4 aromatic carbocycles. The predicted molar refractivity (Wildman–Crippen MR) is 181 cm³/mol. The van der Waals surface area contributed by atoms with Crippen LogP contribution in [0.4, 0.5) is 11.4 Å². The van der Waals surface area contributed by atoms with Crippen molar-refractivity contribution in [2.45, 2.75) is 71.2 Å². The number of unbranched alkanes of at least 4 members (excludes halogenated alkanes) is 1. The van der Waals surface area contributed by atoms with E-state index in [4.69, 9.17) is 18.9 Å². The third kappa shape index (κ3) is 7.15. The van der Waals surface area contributed by atoms with Crippen molar-refractivity contribution in [2.24, 2.45) is 0 Å². The van der Waals surface area contributed by atoms with Gasteiger partial charge in [0.2, 0.25) is 0 Å². The molecule has 0 fully saturated rings. The fourth-order valence-corrected chi connectivity index (χ4v) is 6.26. The maximum atomic E-state index is 13.1. The van der Waals surface area contributed by atoms with Gasteiger partial charge < -0.3 is 28.7 Å². The Balaban J connectivity index is 1.29. The van der Waals surface area contributed by atoms with Crippen molar-refractivity contribution in [2.75, 3.05) is 29.9 Å². The zero-order valence-electron chi connectivity index (χ0n) is 27.1. The Kier molecular flexibility index (Phi) is 9.79. The van der Waals surface area contributed by atoms with Crippen molar-refractivity contribution in [3.63, 3.8) is 0 Å². The zero-order valence-corrected chi connectivity index (χ0v) is 27.1. The van der Waals surface area contributed by atoms with E-state index in [1.807, 2.05) is 36.4 Å². The molecule has 7 nitrogen and oxygen atoms in total. The number of para-hydroxylation sites is 2. The number of benzene rings is 4. The van der Waals surface area contributed by atoms with Crippen LogP contribution in [0.25, 0.3) is 0 Å². The second kappa shape index (κ2) is 14.3. The van der Waals surface area contributed by atoms with Gasteiger partial charge in [0.05, 0.1) is 6.61 Å². The summed E-state index contributed by atoms with van der Waals surface area (Å²) in [4.78, 5) is 17.6. The summed E-state index contributed by atoms with van der Waals surface area (Å²) in [6.07, 6.45) is 2.22. The van der Waals surface area contributed by atoms with Gasteiger partial charge in [-0.1, -0.05) is 68.8 Å². The molecule has 0 amide bonds. The average Bonchev–Trinajstić information content (AvgIpc) is 3.10. The Morgan fingerprint density at radius 3 is 1.83 bits per heavy atom. The lowest BCUT2D eigenvalue weighted by Gasteiger charge is -2.36. The summed E-state index contributed by atoms with van der Waals surface area (Å²) < 4.78 is 23.7. The standard InChI is InChI=1S/C39H44N2O5/c1-4-5-22-43-29(2)46-38(42)20-21-39(3,32-16-18-36-30(23-32)25-40(27-44-36)34-12-8-6-9-13-34)33-17-19-37-31(24-33)26-41(28-45-37)35-14-10-7-11-15-35/h6-19,23-24,29H,4-5,20-22,25-28H2,1-3H3. The van der Waals surface area contributed by atoms with Gasteiger partial charge in [-0.15, -0.1) is 0 Å². The summed E-state index contributed by atoms with van der Waals surface area (Å²) in [7, 11) is 0. The lowest BCUT2D eigenvalue weighted by atomic mass is 9.72. The van der Waals surface area contributed by atoms with E-state index in [2.05, 4.69) is 84.3 Å². The summed E-state index contributed by atoms with van der Waals surface area (Å²) in [5.74, 6) is 1.53. The molecule has 0 aromatic heterocycles. The first-order chi connectivity index (χ1) is 22.4. The van der Waals surface area contributed by atoms with Crippen molar-refractivity contribution in [1.82, 2.24) is 0 Å². The third-order valence-electron chi connectivity index (χ3n) is 9.09. The van der Waals surface area contributed by atoms with Gasteiger partial charge in [0.25, 0.3) is 0 Å². The van der Waals surface area contributed by atoms with Crippen molar-refractivity contribution in [3.05, 3.63) is 119 Å². The number of hydrogen-bond donors (Lipinski definition) is 0. The van der Waals surface area contributed by atoms with Crippen molar-refractivity contribution in [3.8, 4) is 11.5 Å². The second-order valence-electron chi connectivity index (χ2n) is 12.4. The minimum atomic E-state index is -0.569. The number of anilines is 2. The van der Waals surface area contributed by atoms with E-state index in [9.17, 15) is 4.79 Å². The van der Waals surface area contributed by atoms with Crippen LogP contribution in [0.15, 0.2) is 97.1 Å². The summed E-state index contributed by atoms with van der Waals surface area (Å²) in [6.45, 7) is 9.18. The van der Waals surface area contributed by atoms with Crippen LogP contribution in [0, 0.1) is 0 Å². The molecule has 6 rings (SSSR count). The highest BCUT2D eigenvalue weighted by atomic mass is 16.7. The minimum absolute atomic E-state index is 0.255. The molecule has 240 valence electrons. The Labute approximate surface area is 272 Å². The smallest absolute Gasteiger partial charge is 0.308 e. The van der Waals surface area contributed by atoms with Crippen LogP contribution >= 0.6 is 0 Å². The number of hydrogen-bond acceptors (Lipinski definition) is 7. The fraction of sp³-hybridized carbons (Fsp3) is 0.359. The first-order valence-corrected chi connectivity index (χ1v) is 16.4. The van der Waals surface area contributed by atoms with E-state index in [-0.39, 0.29) is 12.4 Å². The maximum absolute atomic E-state index is 13.1. The van der Waals surface area contributed by atoms with E-state index in [1.165, 1.54) is 0 Å². The molecule has 1 atom stereocenters. The SMILES string of the molecule is CCCCOC(C)OC(=O)CCC(C)(c1ccc2c(c1)CN(c1ccccc1)CO2)c1ccc2c(c1)CN(c1ccccc1)CO2. The van der Waals surface area contributed by atoms with E-state index >= 15 is 0 Å². The quantitative estimate of drug-likeness (QED) is 0.0899. The largest absolute Gasteiger partial charge is 0.473 e. The number of fused-ring (bicyclic) bond motifs is 2. The van der Waals surface area contributed by atoms with Crippen LogP contribution in [0.5, 0.6) is 11.5 Å². The number of ether oxygens (including phenoxy) is 4. The molecule has 1 unspecified atom stereocenters. The molecular weight excluding hydrogens is 576 g/mol. The molecule has 0 N–H and O–H groups in total. The van der Waals surface area contributed by atoms with Crippen LogP contribution in [0.3, 0.4) is 0 Å². The number of carbonyl (C=O) groups excluding carboxylic acids is 1. The summed E-state index contributed by atoms with van der Waals surface area (Å²) in [5, 5.41) is 0. The van der Waals surface area contributed by atoms with E-state index < -0.39 is 11.7 Å². The van der Waals surface area contributed by atoms with Crippen molar-refractivity contribution < 1.29 is 23.7 Å². The van der Waals surface area contributed by atoms with Gasteiger partial charge in [0, 0.05) is 47.4 Å². The second-order valence-corrected chi connectivity index (χ2v) is 12.4. The molecule has 0 aliphatic carbocycles. The summed E-state index contributed by atoms with van der Waals surface area (Å²) >= 11 is 0. The van der Waals surface area contributed by atoms with E-state index in [0.29, 0.717) is 26.5 Å². The molecule has 0 saturated carbocycles. The monoisotopic (exact) mass is 620 g/mol. The van der Waals surface area contributed by atoms with Crippen LogP contribution in [-0.2, 0) is 32.8 Å². The normalized spacial score (nSPS) is 14.8. The highest BCUT2D eigenvalue weighted by Gasteiger charge is 2.33. The number of rotatable bonds is 12. The van der Waals surface area contributed by atoms with Gasteiger partial charge in [-0.2, -0.15) is 0 Å². The molecule has 0 radical (unpaired) electrons. The predicted octanol–water partition coefficient (Wildman–Crippen LogP) is 8.19. The van der Waals surface area contributed by atoms with Crippen LogP contribution in [-0.4, -0.2) is 32.3 Å². The molecule has 2 heterocycles. The van der Waals surface area contributed by atoms with Crippen LogP contribution in [0.1, 0.15) is 68.7 Å². The highest BCUT2D eigenvalue weighted by molar-refractivity contribution is 5.70. The Morgan fingerprint density at radius 2 is 1.33 bits per heavy atom. The molecule has 0 spiro atoms. The van der Waals surface area contributed by atoms with Crippen molar-refractivity contribution >= 4 is 17.3 Å². The van der Waals surface area contributed by atoms with E-state index in [1.54, 1.807) is 6.92 Å². The van der Waals surface area contributed by atoms with Crippen LogP contribution < -0.4 is 19.3 Å². The topological polar surface area (TPSA) is 60.5 Å². The van der Waals surface area contributed by atoms with Gasteiger partial charge in [-0.05, 0) is 79.4 Å². The highest BCUT2D eigenvalue weighted by Crippen LogP contribution is 2.42. The first kappa shape index (κ1) is 31.5.